The number of imide groups is 1. The molecule has 7 nitrogen and oxygen atoms in total. The third kappa shape index (κ3) is 3.79. The van der Waals surface area contributed by atoms with E-state index in [1.807, 2.05) is 12.2 Å². The number of carbonyl (C=O) groups excluding carboxylic acids is 4. The number of nitrogens with one attached hydrogen (secondary N) is 2. The van der Waals surface area contributed by atoms with Gasteiger partial charge in [-0.25, -0.2) is 4.39 Å². The Morgan fingerprint density at radius 2 is 1.58 bits per heavy atom. The van der Waals surface area contributed by atoms with Crippen LogP contribution in [0.15, 0.2) is 36.4 Å². The molecule has 1 aromatic rings. The van der Waals surface area contributed by atoms with Gasteiger partial charge in [0.2, 0.25) is 23.6 Å². The van der Waals surface area contributed by atoms with Gasteiger partial charge in [0.15, 0.2) is 0 Å². The summed E-state index contributed by atoms with van der Waals surface area (Å²) >= 11 is 0. The summed E-state index contributed by atoms with van der Waals surface area (Å²) < 4.78 is 12.8. The summed E-state index contributed by atoms with van der Waals surface area (Å²) in [5.41, 5.74) is 0.395. The van der Waals surface area contributed by atoms with Gasteiger partial charge < -0.3 is 10.6 Å². The second kappa shape index (κ2) is 7.47. The van der Waals surface area contributed by atoms with Crippen molar-refractivity contribution in [3.05, 3.63) is 42.2 Å². The van der Waals surface area contributed by atoms with Crippen molar-refractivity contribution >= 4 is 29.3 Å². The van der Waals surface area contributed by atoms with Gasteiger partial charge in [0, 0.05) is 5.69 Å². The van der Waals surface area contributed by atoms with Crippen LogP contribution in [0.5, 0.6) is 0 Å². The first kappa shape index (κ1) is 17.8. The van der Waals surface area contributed by atoms with Gasteiger partial charge in [-0.3, -0.25) is 24.1 Å². The first-order valence-electron chi connectivity index (χ1n) is 8.28. The summed E-state index contributed by atoms with van der Waals surface area (Å²) in [6.07, 6.45) is 4.76. The lowest BCUT2D eigenvalue weighted by molar-refractivity contribution is -0.143. The van der Waals surface area contributed by atoms with Crippen LogP contribution in [0, 0.1) is 17.7 Å². The van der Waals surface area contributed by atoms with E-state index in [0.29, 0.717) is 18.5 Å². The molecule has 1 aliphatic heterocycles. The van der Waals surface area contributed by atoms with Crippen LogP contribution in [0.1, 0.15) is 12.8 Å². The van der Waals surface area contributed by atoms with E-state index in [9.17, 15) is 23.6 Å². The molecule has 0 spiro atoms. The number of carbonyl (C=O) groups is 4. The number of amides is 4. The highest BCUT2D eigenvalue weighted by atomic mass is 19.1. The minimum absolute atomic E-state index is 0.319. The summed E-state index contributed by atoms with van der Waals surface area (Å²) in [7, 11) is 0. The van der Waals surface area contributed by atoms with E-state index < -0.39 is 24.2 Å². The zero-order chi connectivity index (χ0) is 18.7. The maximum Gasteiger partial charge on any atom is 0.243 e. The smallest absolute Gasteiger partial charge is 0.243 e. The van der Waals surface area contributed by atoms with Crippen LogP contribution in [0.25, 0.3) is 0 Å². The molecule has 1 aliphatic carbocycles. The lowest BCUT2D eigenvalue weighted by atomic mass is 9.85. The molecular weight excluding hydrogens is 341 g/mol. The number of likely N-dealkylation sites (tertiary alicyclic amines) is 1. The van der Waals surface area contributed by atoms with Crippen molar-refractivity contribution in [2.45, 2.75) is 12.8 Å². The summed E-state index contributed by atoms with van der Waals surface area (Å²) in [4.78, 5) is 49.3. The monoisotopic (exact) mass is 359 g/mol. The maximum atomic E-state index is 12.8. The molecule has 0 bridgehead atoms. The zero-order valence-electron chi connectivity index (χ0n) is 13.9. The molecule has 136 valence electrons. The summed E-state index contributed by atoms with van der Waals surface area (Å²) in [5.74, 6) is -2.96. The number of hydrogen-bond donors (Lipinski definition) is 2. The lowest BCUT2D eigenvalue weighted by Crippen LogP contribution is -2.43. The van der Waals surface area contributed by atoms with Crippen LogP contribution in [0.3, 0.4) is 0 Å². The molecule has 3 rings (SSSR count). The van der Waals surface area contributed by atoms with Crippen molar-refractivity contribution in [3.63, 3.8) is 0 Å². The largest absolute Gasteiger partial charge is 0.345 e. The Morgan fingerprint density at radius 3 is 2.15 bits per heavy atom. The fourth-order valence-electron chi connectivity index (χ4n) is 3.14. The normalized spacial score (nSPS) is 21.5. The van der Waals surface area contributed by atoms with Crippen molar-refractivity contribution < 1.29 is 23.6 Å². The van der Waals surface area contributed by atoms with Crippen LogP contribution >= 0.6 is 0 Å². The van der Waals surface area contributed by atoms with E-state index in [-0.39, 0.29) is 30.2 Å². The quantitative estimate of drug-likeness (QED) is 0.601. The number of fused-ring (bicyclic) bond motifs is 1. The Hall–Kier alpha value is -3.03. The van der Waals surface area contributed by atoms with Crippen LogP contribution in [-0.4, -0.2) is 41.6 Å². The maximum absolute atomic E-state index is 12.8. The molecule has 4 amide bonds. The van der Waals surface area contributed by atoms with Gasteiger partial charge in [0.1, 0.15) is 12.4 Å². The van der Waals surface area contributed by atoms with E-state index in [4.69, 9.17) is 0 Å². The predicted octanol–water partition coefficient (Wildman–Crippen LogP) is 0.832. The average Bonchev–Trinajstić information content (AvgIpc) is 2.87. The summed E-state index contributed by atoms with van der Waals surface area (Å²) in [6, 6.07) is 5.19. The first-order chi connectivity index (χ1) is 12.5. The van der Waals surface area contributed by atoms with Gasteiger partial charge in [-0.15, -0.1) is 0 Å². The number of nitrogens with zero attached hydrogens (tertiary/aromatic N) is 1. The number of allylic oxidation sites excluding steroid dienone is 2. The van der Waals surface area contributed by atoms with E-state index in [1.54, 1.807) is 0 Å². The third-order valence-electron chi connectivity index (χ3n) is 4.47. The fraction of sp³-hybridized carbons (Fsp3) is 0.333. The number of rotatable bonds is 5. The molecule has 26 heavy (non-hydrogen) atoms. The van der Waals surface area contributed by atoms with Crippen molar-refractivity contribution in [1.29, 1.82) is 0 Å². The Labute approximate surface area is 149 Å². The Morgan fingerprint density at radius 1 is 1.00 bits per heavy atom. The Balaban J connectivity index is 1.48. The number of hydrogen-bond acceptors (Lipinski definition) is 4. The summed E-state index contributed by atoms with van der Waals surface area (Å²) in [6.45, 7) is -0.713. The Bertz CT molecular complexity index is 749. The molecule has 2 atom stereocenters. The van der Waals surface area contributed by atoms with Gasteiger partial charge in [-0.2, -0.15) is 0 Å². The molecule has 8 heteroatoms. The van der Waals surface area contributed by atoms with Crippen molar-refractivity contribution in [2.24, 2.45) is 11.8 Å². The number of benzene rings is 1. The highest BCUT2D eigenvalue weighted by Gasteiger charge is 2.47. The Kier molecular flexibility index (Phi) is 5.11. The van der Waals surface area contributed by atoms with E-state index >= 15 is 0 Å². The first-order valence-corrected chi connectivity index (χ1v) is 8.28. The van der Waals surface area contributed by atoms with Crippen LogP contribution < -0.4 is 10.6 Å². The fourth-order valence-corrected chi connectivity index (χ4v) is 3.14. The van der Waals surface area contributed by atoms with Crippen molar-refractivity contribution in [2.75, 3.05) is 18.4 Å². The van der Waals surface area contributed by atoms with Gasteiger partial charge >= 0.3 is 0 Å². The molecule has 1 heterocycles. The highest BCUT2D eigenvalue weighted by molar-refractivity contribution is 6.07. The average molecular weight is 359 g/mol. The summed E-state index contributed by atoms with van der Waals surface area (Å²) in [5, 5.41) is 4.88. The SMILES string of the molecule is O=C(CN1C(=O)[C@H]2CC=CC[C@@H]2C1=O)NCC(=O)Nc1ccc(F)cc1. The molecular formula is C18H18FN3O4. The van der Waals surface area contributed by atoms with Gasteiger partial charge in [0.05, 0.1) is 18.4 Å². The van der Waals surface area contributed by atoms with E-state index in [2.05, 4.69) is 10.6 Å². The van der Waals surface area contributed by atoms with E-state index in [0.717, 1.165) is 4.90 Å². The molecule has 0 unspecified atom stereocenters. The number of anilines is 1. The van der Waals surface area contributed by atoms with Crippen molar-refractivity contribution in [1.82, 2.24) is 10.2 Å². The molecule has 0 aromatic heterocycles. The zero-order valence-corrected chi connectivity index (χ0v) is 13.9. The van der Waals surface area contributed by atoms with Gasteiger partial charge in [-0.1, -0.05) is 12.2 Å². The van der Waals surface area contributed by atoms with Gasteiger partial charge in [0.25, 0.3) is 0 Å². The second-order valence-corrected chi connectivity index (χ2v) is 6.25. The van der Waals surface area contributed by atoms with Crippen LogP contribution in [0.2, 0.25) is 0 Å². The minimum atomic E-state index is -0.590. The third-order valence-corrected chi connectivity index (χ3v) is 4.47. The highest BCUT2D eigenvalue weighted by Crippen LogP contribution is 2.34. The van der Waals surface area contributed by atoms with Gasteiger partial charge in [-0.05, 0) is 37.1 Å². The van der Waals surface area contributed by atoms with Crippen LogP contribution in [-0.2, 0) is 19.2 Å². The molecule has 1 fully saturated rings. The van der Waals surface area contributed by atoms with Crippen LogP contribution in [0.4, 0.5) is 10.1 Å². The minimum Gasteiger partial charge on any atom is -0.345 e. The lowest BCUT2D eigenvalue weighted by Gasteiger charge is -2.14. The molecule has 2 N–H and O–H groups in total. The molecule has 1 aromatic carbocycles. The molecule has 0 radical (unpaired) electrons. The van der Waals surface area contributed by atoms with Crippen molar-refractivity contribution in [3.8, 4) is 0 Å². The second-order valence-electron chi connectivity index (χ2n) is 6.25. The molecule has 0 saturated carbocycles. The number of halogens is 1. The molecule has 2 aliphatic rings. The predicted molar refractivity (Wildman–Crippen MR) is 90.1 cm³/mol. The van der Waals surface area contributed by atoms with E-state index in [1.165, 1.54) is 24.3 Å². The standard InChI is InChI=1S/C18H18FN3O4/c19-11-5-7-12(8-6-11)21-15(23)9-20-16(24)10-22-17(25)13-3-1-2-4-14(13)18(22)26/h1-2,5-8,13-14H,3-4,9-10H2,(H,20,24)(H,21,23)/t13-,14-/m0/s1. The topological polar surface area (TPSA) is 95.6 Å². The molecule has 1 saturated heterocycles.